The van der Waals surface area contributed by atoms with Crippen LogP contribution in [0, 0.1) is 16.0 Å². The quantitative estimate of drug-likeness (QED) is 0.425. The van der Waals surface area contributed by atoms with Crippen LogP contribution in [0.3, 0.4) is 0 Å². The fourth-order valence-corrected chi connectivity index (χ4v) is 3.53. The van der Waals surface area contributed by atoms with E-state index < -0.39 is 16.7 Å². The lowest BCUT2D eigenvalue weighted by molar-refractivity contribution is -0.384. The highest BCUT2D eigenvalue weighted by Crippen LogP contribution is 2.31. The summed E-state index contributed by atoms with van der Waals surface area (Å²) in [7, 11) is 0. The minimum atomic E-state index is -4.39. The summed E-state index contributed by atoms with van der Waals surface area (Å²) in [4.78, 5) is 27.3. The van der Waals surface area contributed by atoms with Crippen molar-refractivity contribution in [2.24, 2.45) is 5.92 Å². The molecule has 0 saturated carbocycles. The molecule has 33 heavy (non-hydrogen) atoms. The van der Waals surface area contributed by atoms with Gasteiger partial charge in [-0.2, -0.15) is 13.2 Å². The number of alkyl halides is 3. The van der Waals surface area contributed by atoms with Crippen molar-refractivity contribution in [1.82, 2.24) is 4.90 Å². The Bertz CT molecular complexity index is 985. The van der Waals surface area contributed by atoms with Crippen LogP contribution < -0.4 is 9.64 Å². The predicted octanol–water partition coefficient (Wildman–Crippen LogP) is 5.00. The van der Waals surface area contributed by atoms with Gasteiger partial charge in [-0.1, -0.05) is 13.8 Å². The van der Waals surface area contributed by atoms with Crippen molar-refractivity contribution in [3.63, 3.8) is 0 Å². The molecule has 1 amide bonds. The van der Waals surface area contributed by atoms with Crippen molar-refractivity contribution >= 4 is 17.3 Å². The molecule has 1 heterocycles. The number of halogens is 3. The maximum atomic E-state index is 13.2. The van der Waals surface area contributed by atoms with Gasteiger partial charge in [0.15, 0.2) is 0 Å². The van der Waals surface area contributed by atoms with Crippen LogP contribution in [0.1, 0.15) is 36.2 Å². The molecule has 7 nitrogen and oxygen atoms in total. The molecule has 0 bridgehead atoms. The van der Waals surface area contributed by atoms with Gasteiger partial charge in [0.25, 0.3) is 11.6 Å². The lowest BCUT2D eigenvalue weighted by atomic mass is 10.1. The average Bonchev–Trinajstić information content (AvgIpc) is 2.78. The molecule has 0 aromatic heterocycles. The van der Waals surface area contributed by atoms with Gasteiger partial charge in [-0.25, -0.2) is 0 Å². The van der Waals surface area contributed by atoms with E-state index in [1.807, 2.05) is 18.7 Å². The first-order chi connectivity index (χ1) is 15.6. The zero-order chi connectivity index (χ0) is 24.2. The van der Waals surface area contributed by atoms with Gasteiger partial charge in [0, 0.05) is 44.0 Å². The number of hydrogen-bond donors (Lipinski definition) is 0. The Morgan fingerprint density at radius 2 is 1.73 bits per heavy atom. The molecule has 178 valence electrons. The van der Waals surface area contributed by atoms with Gasteiger partial charge in [0.1, 0.15) is 5.75 Å². The standard InChI is InChI=1S/C23H26F3N3O4/c1-16(2)9-14-33-21-8-7-19(29(31)32)15-20(21)22(30)28-12-10-27(11-13-28)18-5-3-17(4-6-18)23(24,25)26/h3-8,15-16H,9-14H2,1-2H3. The zero-order valence-electron chi connectivity index (χ0n) is 18.5. The molecule has 0 radical (unpaired) electrons. The summed E-state index contributed by atoms with van der Waals surface area (Å²) in [5, 5.41) is 11.2. The number of nitrogens with zero attached hydrogens (tertiary/aromatic N) is 3. The summed E-state index contributed by atoms with van der Waals surface area (Å²) in [5.41, 5.74) is -0.132. The van der Waals surface area contributed by atoms with Crippen molar-refractivity contribution in [3.05, 3.63) is 63.7 Å². The molecule has 0 atom stereocenters. The monoisotopic (exact) mass is 465 g/mol. The lowest BCUT2D eigenvalue weighted by Crippen LogP contribution is -2.48. The summed E-state index contributed by atoms with van der Waals surface area (Å²) in [6.45, 7) is 5.98. The second-order valence-corrected chi connectivity index (χ2v) is 8.29. The topological polar surface area (TPSA) is 75.9 Å². The lowest BCUT2D eigenvalue weighted by Gasteiger charge is -2.36. The molecule has 2 aromatic rings. The SMILES string of the molecule is CC(C)CCOc1ccc([N+](=O)[O-])cc1C(=O)N1CCN(c2ccc(C(F)(F)F)cc2)CC1. The molecule has 3 rings (SSSR count). The van der Waals surface area contributed by atoms with Gasteiger partial charge in [-0.15, -0.1) is 0 Å². The number of rotatable bonds is 7. The third-order valence-corrected chi connectivity index (χ3v) is 5.48. The maximum Gasteiger partial charge on any atom is 0.416 e. The third-order valence-electron chi connectivity index (χ3n) is 5.48. The van der Waals surface area contributed by atoms with Gasteiger partial charge < -0.3 is 14.5 Å². The summed E-state index contributed by atoms with van der Waals surface area (Å²) in [5.74, 6) is 0.335. The molecule has 0 aliphatic carbocycles. The Morgan fingerprint density at radius 1 is 1.09 bits per heavy atom. The number of nitro groups is 1. The average molecular weight is 465 g/mol. The van der Waals surface area contributed by atoms with Crippen LogP contribution in [-0.4, -0.2) is 48.5 Å². The normalized spacial score (nSPS) is 14.5. The number of non-ortho nitro benzene ring substituents is 1. The van der Waals surface area contributed by atoms with Crippen molar-refractivity contribution < 1.29 is 27.6 Å². The molecule has 1 saturated heterocycles. The Kier molecular flexibility index (Phi) is 7.45. The first-order valence-corrected chi connectivity index (χ1v) is 10.7. The van der Waals surface area contributed by atoms with Crippen LogP contribution in [0.25, 0.3) is 0 Å². The summed E-state index contributed by atoms with van der Waals surface area (Å²) >= 11 is 0. The van der Waals surface area contributed by atoms with Crippen LogP contribution in [0.2, 0.25) is 0 Å². The molecular formula is C23H26F3N3O4. The number of carbonyl (C=O) groups is 1. The zero-order valence-corrected chi connectivity index (χ0v) is 18.5. The Hall–Kier alpha value is -3.30. The molecule has 0 unspecified atom stereocenters. The van der Waals surface area contributed by atoms with Crippen LogP contribution in [0.15, 0.2) is 42.5 Å². The van der Waals surface area contributed by atoms with Crippen molar-refractivity contribution in [3.8, 4) is 5.75 Å². The molecule has 1 fully saturated rings. The number of anilines is 1. The van der Waals surface area contributed by atoms with Gasteiger partial charge in [0.05, 0.1) is 22.7 Å². The minimum absolute atomic E-state index is 0.135. The molecular weight excluding hydrogens is 439 g/mol. The van der Waals surface area contributed by atoms with Crippen LogP contribution >= 0.6 is 0 Å². The van der Waals surface area contributed by atoms with Crippen molar-refractivity contribution in [2.45, 2.75) is 26.4 Å². The number of piperazine rings is 1. The van der Waals surface area contributed by atoms with E-state index in [-0.39, 0.29) is 17.2 Å². The van der Waals surface area contributed by atoms with E-state index in [0.29, 0.717) is 50.1 Å². The fraction of sp³-hybridized carbons (Fsp3) is 0.435. The number of benzene rings is 2. The van der Waals surface area contributed by atoms with E-state index in [9.17, 15) is 28.1 Å². The van der Waals surface area contributed by atoms with Gasteiger partial charge >= 0.3 is 6.18 Å². The van der Waals surface area contributed by atoms with E-state index in [1.165, 1.54) is 30.3 Å². The van der Waals surface area contributed by atoms with Crippen LogP contribution in [0.5, 0.6) is 5.75 Å². The fourth-order valence-electron chi connectivity index (χ4n) is 3.53. The molecule has 0 spiro atoms. The van der Waals surface area contributed by atoms with Crippen LogP contribution in [-0.2, 0) is 6.18 Å². The highest BCUT2D eigenvalue weighted by molar-refractivity contribution is 5.97. The molecule has 2 aromatic carbocycles. The molecule has 1 aliphatic heterocycles. The maximum absolute atomic E-state index is 13.2. The molecule has 1 aliphatic rings. The number of hydrogen-bond acceptors (Lipinski definition) is 5. The molecule has 10 heteroatoms. The number of carbonyl (C=O) groups excluding carboxylic acids is 1. The Morgan fingerprint density at radius 3 is 2.27 bits per heavy atom. The van der Waals surface area contributed by atoms with E-state index in [1.54, 1.807) is 4.90 Å². The predicted molar refractivity (Wildman–Crippen MR) is 118 cm³/mol. The first-order valence-electron chi connectivity index (χ1n) is 10.7. The second kappa shape index (κ2) is 10.1. The van der Waals surface area contributed by atoms with Crippen LogP contribution in [0.4, 0.5) is 24.5 Å². The third kappa shape index (κ3) is 6.15. The highest BCUT2D eigenvalue weighted by atomic mass is 19.4. The number of amides is 1. The largest absolute Gasteiger partial charge is 0.493 e. The van der Waals surface area contributed by atoms with Gasteiger partial charge in [0.2, 0.25) is 0 Å². The highest BCUT2D eigenvalue weighted by Gasteiger charge is 2.31. The van der Waals surface area contributed by atoms with Gasteiger partial charge in [-0.3, -0.25) is 14.9 Å². The summed E-state index contributed by atoms with van der Waals surface area (Å²) < 4.78 is 44.1. The van der Waals surface area contributed by atoms with E-state index in [0.717, 1.165) is 18.6 Å². The van der Waals surface area contributed by atoms with Gasteiger partial charge in [-0.05, 0) is 42.7 Å². The van der Waals surface area contributed by atoms with E-state index >= 15 is 0 Å². The van der Waals surface area contributed by atoms with Crippen molar-refractivity contribution in [1.29, 1.82) is 0 Å². The summed E-state index contributed by atoms with van der Waals surface area (Å²) in [6.07, 6.45) is -3.62. The first kappa shape index (κ1) is 24.3. The second-order valence-electron chi connectivity index (χ2n) is 8.29. The molecule has 0 N–H and O–H groups in total. The number of ether oxygens (including phenoxy) is 1. The number of nitro benzene ring substituents is 1. The smallest absolute Gasteiger partial charge is 0.416 e. The van der Waals surface area contributed by atoms with E-state index in [2.05, 4.69) is 0 Å². The Balaban J connectivity index is 1.70. The Labute approximate surface area is 189 Å². The summed E-state index contributed by atoms with van der Waals surface area (Å²) in [6, 6.07) is 8.90. The van der Waals surface area contributed by atoms with Crippen molar-refractivity contribution in [2.75, 3.05) is 37.7 Å². The van der Waals surface area contributed by atoms with E-state index in [4.69, 9.17) is 4.74 Å². The minimum Gasteiger partial charge on any atom is -0.493 e.